The average molecular weight is 231 g/mol. The number of hydrogen-bond acceptors (Lipinski definition) is 3. The van der Waals surface area contributed by atoms with Gasteiger partial charge in [-0.2, -0.15) is 10.4 Å². The van der Waals surface area contributed by atoms with E-state index in [4.69, 9.17) is 10.4 Å². The van der Waals surface area contributed by atoms with E-state index in [0.717, 1.165) is 0 Å². The van der Waals surface area contributed by atoms with Crippen LogP contribution in [0.2, 0.25) is 0 Å². The number of rotatable bonds is 3. The Hall–Kier alpha value is -2.19. The zero-order chi connectivity index (χ0) is 12.3. The molecule has 0 unspecified atom stereocenters. The highest BCUT2D eigenvalue weighted by atomic mass is 19.1. The van der Waals surface area contributed by atoms with Crippen molar-refractivity contribution in [2.75, 3.05) is 0 Å². The van der Waals surface area contributed by atoms with Gasteiger partial charge in [-0.25, -0.2) is 4.39 Å². The molecule has 1 aromatic heterocycles. The van der Waals surface area contributed by atoms with Crippen LogP contribution < -0.4 is 0 Å². The minimum absolute atomic E-state index is 0.135. The van der Waals surface area contributed by atoms with Gasteiger partial charge in [0, 0.05) is 17.3 Å². The van der Waals surface area contributed by atoms with Crippen molar-refractivity contribution < 1.29 is 9.50 Å². The van der Waals surface area contributed by atoms with Crippen molar-refractivity contribution in [3.05, 3.63) is 42.0 Å². The number of aromatic nitrogens is 2. The van der Waals surface area contributed by atoms with Crippen LogP contribution in [0.15, 0.2) is 30.6 Å². The van der Waals surface area contributed by atoms with E-state index in [-0.39, 0.29) is 13.2 Å². The molecule has 4 nitrogen and oxygen atoms in total. The first-order chi connectivity index (χ1) is 8.24. The summed E-state index contributed by atoms with van der Waals surface area (Å²) in [5, 5.41) is 21.3. The molecule has 0 saturated carbocycles. The molecule has 5 heteroatoms. The number of nitrogens with zero attached hydrogens (tertiary/aromatic N) is 3. The Kier molecular flexibility index (Phi) is 3.17. The van der Waals surface area contributed by atoms with Crippen molar-refractivity contribution in [1.29, 1.82) is 5.26 Å². The molecule has 0 radical (unpaired) electrons. The number of aliphatic hydroxyl groups excluding tert-OH is 1. The Morgan fingerprint density at radius 1 is 1.47 bits per heavy atom. The molecule has 0 aliphatic rings. The molecular weight excluding hydrogens is 221 g/mol. The van der Waals surface area contributed by atoms with Gasteiger partial charge in [-0.15, -0.1) is 0 Å². The standard InChI is InChI=1S/C12H10FN3O/c13-12-5-9(8-17)1-2-11(12)10-6-15-16(7-10)4-3-14/h1-2,5-7,17H,4,8H2. The summed E-state index contributed by atoms with van der Waals surface area (Å²) in [6.45, 7) is -0.0543. The first kappa shape index (κ1) is 11.3. The highest BCUT2D eigenvalue weighted by Crippen LogP contribution is 2.23. The van der Waals surface area contributed by atoms with Gasteiger partial charge in [-0.1, -0.05) is 12.1 Å². The van der Waals surface area contributed by atoms with Crippen molar-refractivity contribution >= 4 is 0 Å². The monoisotopic (exact) mass is 231 g/mol. The van der Waals surface area contributed by atoms with E-state index in [9.17, 15) is 4.39 Å². The molecule has 2 aromatic rings. The van der Waals surface area contributed by atoms with Crippen molar-refractivity contribution in [3.63, 3.8) is 0 Å². The summed E-state index contributed by atoms with van der Waals surface area (Å²) in [6, 6.07) is 6.49. The fourth-order valence-corrected chi connectivity index (χ4v) is 1.55. The molecule has 0 aliphatic heterocycles. The summed E-state index contributed by atoms with van der Waals surface area (Å²) >= 11 is 0. The summed E-state index contributed by atoms with van der Waals surface area (Å²) in [6.07, 6.45) is 3.12. The third kappa shape index (κ3) is 2.32. The lowest BCUT2D eigenvalue weighted by molar-refractivity contribution is 0.281. The molecule has 0 spiro atoms. The fourth-order valence-electron chi connectivity index (χ4n) is 1.55. The molecule has 0 fully saturated rings. The Bertz CT molecular complexity index is 571. The molecule has 0 bridgehead atoms. The molecule has 1 aromatic carbocycles. The molecule has 0 atom stereocenters. The van der Waals surface area contributed by atoms with E-state index in [2.05, 4.69) is 5.10 Å². The highest BCUT2D eigenvalue weighted by molar-refractivity contribution is 5.62. The van der Waals surface area contributed by atoms with Gasteiger partial charge in [-0.05, 0) is 11.6 Å². The number of hydrogen-bond donors (Lipinski definition) is 1. The van der Waals surface area contributed by atoms with Gasteiger partial charge in [0.15, 0.2) is 0 Å². The average Bonchev–Trinajstić information content (AvgIpc) is 2.78. The summed E-state index contributed by atoms with van der Waals surface area (Å²) in [5.41, 5.74) is 1.55. The van der Waals surface area contributed by atoms with Crippen LogP contribution in [0.4, 0.5) is 4.39 Å². The number of benzene rings is 1. The van der Waals surface area contributed by atoms with Gasteiger partial charge in [-0.3, -0.25) is 4.68 Å². The van der Waals surface area contributed by atoms with E-state index < -0.39 is 5.82 Å². The summed E-state index contributed by atoms with van der Waals surface area (Å²) in [5.74, 6) is -0.409. The smallest absolute Gasteiger partial charge is 0.131 e. The third-order valence-corrected chi connectivity index (χ3v) is 2.39. The Morgan fingerprint density at radius 2 is 2.29 bits per heavy atom. The van der Waals surface area contributed by atoms with Crippen molar-refractivity contribution in [2.24, 2.45) is 0 Å². The van der Waals surface area contributed by atoms with Crippen LogP contribution in [0.3, 0.4) is 0 Å². The summed E-state index contributed by atoms with van der Waals surface area (Å²) < 4.78 is 15.1. The van der Waals surface area contributed by atoms with E-state index in [1.807, 2.05) is 6.07 Å². The van der Waals surface area contributed by atoms with Crippen LogP contribution in [-0.4, -0.2) is 14.9 Å². The number of halogens is 1. The molecule has 1 N–H and O–H groups in total. The normalized spacial score (nSPS) is 10.2. The molecule has 86 valence electrons. The molecule has 0 amide bonds. The Balaban J connectivity index is 2.36. The van der Waals surface area contributed by atoms with Crippen LogP contribution in [0.25, 0.3) is 11.1 Å². The van der Waals surface area contributed by atoms with Gasteiger partial charge < -0.3 is 5.11 Å². The van der Waals surface area contributed by atoms with Gasteiger partial charge in [0.05, 0.1) is 18.9 Å². The van der Waals surface area contributed by atoms with Crippen molar-refractivity contribution in [2.45, 2.75) is 13.2 Å². The third-order valence-electron chi connectivity index (χ3n) is 2.39. The topological polar surface area (TPSA) is 61.8 Å². The van der Waals surface area contributed by atoms with E-state index in [1.54, 1.807) is 18.3 Å². The quantitative estimate of drug-likeness (QED) is 0.874. The number of nitriles is 1. The van der Waals surface area contributed by atoms with Gasteiger partial charge in [0.25, 0.3) is 0 Å². The van der Waals surface area contributed by atoms with E-state index >= 15 is 0 Å². The van der Waals surface area contributed by atoms with Crippen molar-refractivity contribution in [1.82, 2.24) is 9.78 Å². The highest BCUT2D eigenvalue weighted by Gasteiger charge is 2.08. The zero-order valence-electron chi connectivity index (χ0n) is 8.97. The maximum atomic E-state index is 13.7. The van der Waals surface area contributed by atoms with E-state index in [1.165, 1.54) is 16.9 Å². The van der Waals surface area contributed by atoms with Crippen molar-refractivity contribution in [3.8, 4) is 17.2 Å². The number of aliphatic hydroxyl groups is 1. The predicted octanol–water partition coefficient (Wildman–Crippen LogP) is 1.71. The first-order valence-corrected chi connectivity index (χ1v) is 5.03. The van der Waals surface area contributed by atoms with Crippen LogP contribution in [0, 0.1) is 17.1 Å². The minimum Gasteiger partial charge on any atom is -0.392 e. The van der Waals surface area contributed by atoms with Crippen LogP contribution in [0.5, 0.6) is 0 Å². The second-order valence-electron chi connectivity index (χ2n) is 3.56. The largest absolute Gasteiger partial charge is 0.392 e. The van der Waals surface area contributed by atoms with Gasteiger partial charge in [0.1, 0.15) is 12.4 Å². The van der Waals surface area contributed by atoms with Crippen LogP contribution >= 0.6 is 0 Å². The first-order valence-electron chi connectivity index (χ1n) is 5.03. The Labute approximate surface area is 97.5 Å². The van der Waals surface area contributed by atoms with E-state index in [0.29, 0.717) is 16.7 Å². The molecular formula is C12H10FN3O. The van der Waals surface area contributed by atoms with Crippen LogP contribution in [-0.2, 0) is 13.2 Å². The fraction of sp³-hybridized carbons (Fsp3) is 0.167. The molecule has 0 saturated heterocycles. The minimum atomic E-state index is -0.409. The van der Waals surface area contributed by atoms with Crippen LogP contribution in [0.1, 0.15) is 5.56 Å². The molecule has 1 heterocycles. The zero-order valence-corrected chi connectivity index (χ0v) is 8.97. The summed E-state index contributed by atoms with van der Waals surface area (Å²) in [4.78, 5) is 0. The second-order valence-corrected chi connectivity index (χ2v) is 3.56. The Morgan fingerprint density at radius 3 is 2.94 bits per heavy atom. The van der Waals surface area contributed by atoms with Gasteiger partial charge >= 0.3 is 0 Å². The summed E-state index contributed by atoms with van der Waals surface area (Å²) in [7, 11) is 0. The lowest BCUT2D eigenvalue weighted by Gasteiger charge is -2.02. The SMILES string of the molecule is N#CCn1cc(-c2ccc(CO)cc2F)cn1. The maximum absolute atomic E-state index is 13.7. The molecule has 0 aliphatic carbocycles. The maximum Gasteiger partial charge on any atom is 0.131 e. The second kappa shape index (κ2) is 4.76. The molecule has 17 heavy (non-hydrogen) atoms. The lowest BCUT2D eigenvalue weighted by atomic mass is 10.1. The predicted molar refractivity (Wildman–Crippen MR) is 59.2 cm³/mol. The van der Waals surface area contributed by atoms with Gasteiger partial charge in [0.2, 0.25) is 0 Å². The lowest BCUT2D eigenvalue weighted by Crippen LogP contribution is -1.94. The molecule has 2 rings (SSSR count).